The zero-order valence-corrected chi connectivity index (χ0v) is 21.1. The molecule has 0 unspecified atom stereocenters. The summed E-state index contributed by atoms with van der Waals surface area (Å²) in [5, 5.41) is 4.27. The van der Waals surface area contributed by atoms with E-state index in [1.165, 1.54) is 0 Å². The molecule has 33 heavy (non-hydrogen) atoms. The number of hydrogen-bond acceptors (Lipinski definition) is 3. The molecular formula is C26H32Cl2N2O3. The summed E-state index contributed by atoms with van der Waals surface area (Å²) < 4.78 is 5.83. The van der Waals surface area contributed by atoms with E-state index in [9.17, 15) is 9.59 Å². The molecule has 7 heteroatoms. The molecule has 0 radical (unpaired) electrons. The lowest BCUT2D eigenvalue weighted by Crippen LogP contribution is -2.49. The number of carbonyl (C=O) groups is 2. The van der Waals surface area contributed by atoms with Gasteiger partial charge < -0.3 is 15.8 Å². The molecule has 2 aromatic rings. The van der Waals surface area contributed by atoms with Gasteiger partial charge in [0.1, 0.15) is 12.4 Å². The molecule has 3 atom stereocenters. The maximum Gasteiger partial charge on any atom is 0.223 e. The second kappa shape index (κ2) is 9.94. The van der Waals surface area contributed by atoms with Crippen molar-refractivity contribution in [3.05, 3.63) is 63.6 Å². The van der Waals surface area contributed by atoms with E-state index < -0.39 is 10.8 Å². The van der Waals surface area contributed by atoms with Crippen LogP contribution in [-0.4, -0.2) is 17.9 Å². The SMILES string of the molecule is C[C@H](Cc1ccc(OCc2c(Cl)cccc2Cl)cc1)NC(=O)[C@H]1CC[C@@](C)(C(N)=O)C1(C)C. The van der Waals surface area contributed by atoms with Crippen molar-refractivity contribution in [1.29, 1.82) is 0 Å². The van der Waals surface area contributed by atoms with Gasteiger partial charge >= 0.3 is 0 Å². The number of nitrogens with one attached hydrogen (secondary N) is 1. The summed E-state index contributed by atoms with van der Waals surface area (Å²) in [6.07, 6.45) is 1.97. The third-order valence-corrected chi connectivity index (χ3v) is 8.09. The molecule has 1 fully saturated rings. The summed E-state index contributed by atoms with van der Waals surface area (Å²) in [4.78, 5) is 25.0. The Hall–Kier alpha value is -2.24. The Morgan fingerprint density at radius 3 is 2.27 bits per heavy atom. The van der Waals surface area contributed by atoms with Crippen LogP contribution in [0.1, 0.15) is 51.7 Å². The third-order valence-electron chi connectivity index (χ3n) is 7.39. The van der Waals surface area contributed by atoms with E-state index >= 15 is 0 Å². The fourth-order valence-corrected chi connectivity index (χ4v) is 5.20. The van der Waals surface area contributed by atoms with Crippen molar-refractivity contribution in [1.82, 2.24) is 5.32 Å². The molecule has 0 heterocycles. The summed E-state index contributed by atoms with van der Waals surface area (Å²) in [6.45, 7) is 8.07. The van der Waals surface area contributed by atoms with Crippen molar-refractivity contribution in [2.75, 3.05) is 0 Å². The van der Waals surface area contributed by atoms with Gasteiger partial charge in [-0.05, 0) is 61.4 Å². The van der Waals surface area contributed by atoms with Crippen LogP contribution in [0.15, 0.2) is 42.5 Å². The molecule has 3 N–H and O–H groups in total. The molecule has 1 aliphatic carbocycles. The first-order chi connectivity index (χ1) is 15.5. The maximum absolute atomic E-state index is 13.0. The number of halogens is 2. The van der Waals surface area contributed by atoms with Crippen molar-refractivity contribution in [3.63, 3.8) is 0 Å². The molecule has 1 aliphatic rings. The lowest BCUT2D eigenvalue weighted by atomic mass is 9.65. The average Bonchev–Trinajstić information content (AvgIpc) is 2.99. The predicted octanol–water partition coefficient (Wildman–Crippen LogP) is 5.55. The Morgan fingerprint density at radius 2 is 1.73 bits per heavy atom. The molecule has 3 rings (SSSR count). The summed E-state index contributed by atoms with van der Waals surface area (Å²) in [5.41, 5.74) is 6.32. The first-order valence-corrected chi connectivity index (χ1v) is 12.0. The van der Waals surface area contributed by atoms with Crippen LogP contribution in [0, 0.1) is 16.7 Å². The van der Waals surface area contributed by atoms with E-state index in [2.05, 4.69) is 5.32 Å². The second-order valence-corrected chi connectivity index (χ2v) is 10.6. The Balaban J connectivity index is 1.55. The van der Waals surface area contributed by atoms with Crippen LogP contribution < -0.4 is 15.8 Å². The Labute approximate surface area is 206 Å². The van der Waals surface area contributed by atoms with Gasteiger partial charge in [0.2, 0.25) is 11.8 Å². The van der Waals surface area contributed by atoms with Crippen LogP contribution in [-0.2, 0) is 22.6 Å². The number of amides is 2. The van der Waals surface area contributed by atoms with Gasteiger partial charge in [0.15, 0.2) is 0 Å². The highest BCUT2D eigenvalue weighted by molar-refractivity contribution is 6.35. The van der Waals surface area contributed by atoms with E-state index in [1.54, 1.807) is 18.2 Å². The number of primary amides is 1. The van der Waals surface area contributed by atoms with Crippen molar-refractivity contribution in [2.24, 2.45) is 22.5 Å². The monoisotopic (exact) mass is 490 g/mol. The van der Waals surface area contributed by atoms with E-state index in [1.807, 2.05) is 52.0 Å². The number of rotatable bonds is 8. The average molecular weight is 491 g/mol. The molecule has 2 aromatic carbocycles. The first kappa shape index (κ1) is 25.4. The maximum atomic E-state index is 13.0. The fraction of sp³-hybridized carbons (Fsp3) is 0.462. The van der Waals surface area contributed by atoms with Crippen molar-refractivity contribution < 1.29 is 14.3 Å². The molecule has 0 spiro atoms. The van der Waals surface area contributed by atoms with Crippen LogP contribution in [0.25, 0.3) is 0 Å². The highest BCUT2D eigenvalue weighted by atomic mass is 35.5. The van der Waals surface area contributed by atoms with E-state index in [0.717, 1.165) is 11.1 Å². The number of benzene rings is 2. The molecule has 5 nitrogen and oxygen atoms in total. The molecule has 1 saturated carbocycles. The summed E-state index contributed by atoms with van der Waals surface area (Å²) >= 11 is 12.4. The molecular weight excluding hydrogens is 459 g/mol. The van der Waals surface area contributed by atoms with Gasteiger partial charge in [-0.15, -0.1) is 0 Å². The van der Waals surface area contributed by atoms with E-state index in [4.69, 9.17) is 33.7 Å². The second-order valence-electron chi connectivity index (χ2n) is 9.76. The van der Waals surface area contributed by atoms with Gasteiger partial charge in [0, 0.05) is 27.6 Å². The smallest absolute Gasteiger partial charge is 0.223 e. The van der Waals surface area contributed by atoms with Crippen LogP contribution in [0.3, 0.4) is 0 Å². The van der Waals surface area contributed by atoms with Gasteiger partial charge in [-0.1, -0.05) is 62.2 Å². The summed E-state index contributed by atoms with van der Waals surface area (Å²) in [7, 11) is 0. The number of nitrogens with two attached hydrogens (primary N) is 1. The zero-order valence-electron chi connectivity index (χ0n) is 19.6. The molecule has 0 aliphatic heterocycles. The van der Waals surface area contributed by atoms with Crippen LogP contribution in [0.2, 0.25) is 10.0 Å². The van der Waals surface area contributed by atoms with E-state index in [-0.39, 0.29) is 30.4 Å². The molecule has 0 saturated heterocycles. The van der Waals surface area contributed by atoms with Crippen LogP contribution in [0.5, 0.6) is 5.75 Å². The van der Waals surface area contributed by atoms with Crippen molar-refractivity contribution in [2.45, 2.75) is 59.6 Å². The third kappa shape index (κ3) is 5.30. The Morgan fingerprint density at radius 1 is 1.12 bits per heavy atom. The van der Waals surface area contributed by atoms with E-state index in [0.29, 0.717) is 35.1 Å². The van der Waals surface area contributed by atoms with Gasteiger partial charge in [-0.25, -0.2) is 0 Å². The number of hydrogen-bond donors (Lipinski definition) is 2. The minimum atomic E-state index is -0.678. The number of ether oxygens (including phenoxy) is 1. The number of carbonyl (C=O) groups excluding carboxylic acids is 2. The molecule has 0 bridgehead atoms. The lowest BCUT2D eigenvalue weighted by Gasteiger charge is -2.39. The Kier molecular flexibility index (Phi) is 7.65. The Bertz CT molecular complexity index is 1000. The molecule has 178 valence electrons. The minimum absolute atomic E-state index is 0.0194. The molecule has 2 amide bonds. The first-order valence-electron chi connectivity index (χ1n) is 11.2. The lowest BCUT2D eigenvalue weighted by molar-refractivity contribution is -0.136. The van der Waals surface area contributed by atoms with Gasteiger partial charge in [0.05, 0.1) is 5.41 Å². The van der Waals surface area contributed by atoms with Crippen LogP contribution >= 0.6 is 23.2 Å². The topological polar surface area (TPSA) is 81.4 Å². The highest BCUT2D eigenvalue weighted by Gasteiger charge is 2.57. The standard InChI is InChI=1S/C26H32Cl2N2O3/c1-16(30-23(31)20-12-13-26(4,24(29)32)25(20,2)3)14-17-8-10-18(11-9-17)33-15-19-21(27)6-5-7-22(19)28/h5-11,16,20H,12-15H2,1-4H3,(H2,29,32)(H,30,31)/t16-,20-,26+/m1/s1. The van der Waals surface area contributed by atoms with Gasteiger partial charge in [0.25, 0.3) is 0 Å². The normalized spacial score (nSPS) is 22.5. The minimum Gasteiger partial charge on any atom is -0.489 e. The van der Waals surface area contributed by atoms with Crippen molar-refractivity contribution >= 4 is 35.0 Å². The van der Waals surface area contributed by atoms with Gasteiger partial charge in [-0.3, -0.25) is 9.59 Å². The molecule has 0 aromatic heterocycles. The van der Waals surface area contributed by atoms with Crippen molar-refractivity contribution in [3.8, 4) is 5.75 Å². The zero-order chi connectivity index (χ0) is 24.4. The predicted molar refractivity (Wildman–Crippen MR) is 132 cm³/mol. The summed E-state index contributed by atoms with van der Waals surface area (Å²) in [6, 6.07) is 13.1. The fourth-order valence-electron chi connectivity index (χ4n) is 4.70. The summed E-state index contributed by atoms with van der Waals surface area (Å²) in [5.74, 6) is 0.110. The quantitative estimate of drug-likeness (QED) is 0.508. The largest absolute Gasteiger partial charge is 0.489 e. The van der Waals surface area contributed by atoms with Crippen LogP contribution in [0.4, 0.5) is 0 Å². The van der Waals surface area contributed by atoms with Gasteiger partial charge in [-0.2, -0.15) is 0 Å². The highest BCUT2D eigenvalue weighted by Crippen LogP contribution is 2.55.